The predicted molar refractivity (Wildman–Crippen MR) is 94.1 cm³/mol. The van der Waals surface area contributed by atoms with E-state index in [4.69, 9.17) is 0 Å². The van der Waals surface area contributed by atoms with Crippen molar-refractivity contribution in [2.24, 2.45) is 12.1 Å². The van der Waals surface area contributed by atoms with E-state index in [2.05, 4.69) is 38.7 Å². The smallest absolute Gasteiger partial charge is 0.265 e. The number of aromatic nitrogens is 4. The summed E-state index contributed by atoms with van der Waals surface area (Å²) < 4.78 is 2.01. The number of anilines is 1. The van der Waals surface area contributed by atoms with Crippen molar-refractivity contribution >= 4 is 45.6 Å². The van der Waals surface area contributed by atoms with Crippen LogP contribution < -0.4 is 5.43 Å². The summed E-state index contributed by atoms with van der Waals surface area (Å²) in [5.41, 5.74) is 6.71. The summed E-state index contributed by atoms with van der Waals surface area (Å²) in [5.74, 6) is 0.383. The number of rotatable bonds is 3. The zero-order chi connectivity index (χ0) is 15.8. The first-order valence-electron chi connectivity index (χ1n) is 7.15. The van der Waals surface area contributed by atoms with E-state index < -0.39 is 0 Å². The van der Waals surface area contributed by atoms with Gasteiger partial charge in [-0.3, -0.25) is 0 Å². The standard InChI is InChI=1S/C16H14N6S/c1-10-7-8-23-13(10)9-17-20-16-18-15-14(19-21-16)11-5-3-4-6-12(11)22(15)2/h3-9H,1-2H3,(H,18,20,21)/b17-9+. The highest BCUT2D eigenvalue weighted by Gasteiger charge is 2.11. The Morgan fingerprint density at radius 1 is 1.22 bits per heavy atom. The van der Waals surface area contributed by atoms with Crippen LogP contribution in [-0.2, 0) is 7.05 Å². The average molecular weight is 322 g/mol. The number of nitrogens with one attached hydrogen (secondary N) is 1. The summed E-state index contributed by atoms with van der Waals surface area (Å²) in [6.45, 7) is 2.05. The van der Waals surface area contributed by atoms with Crippen molar-refractivity contribution in [3.8, 4) is 0 Å². The highest BCUT2D eigenvalue weighted by atomic mass is 32.1. The maximum atomic E-state index is 4.52. The van der Waals surface area contributed by atoms with Gasteiger partial charge < -0.3 is 4.57 Å². The Morgan fingerprint density at radius 2 is 2.09 bits per heavy atom. The first-order chi connectivity index (χ1) is 11.2. The van der Waals surface area contributed by atoms with Crippen LogP contribution in [0.1, 0.15) is 10.4 Å². The van der Waals surface area contributed by atoms with Gasteiger partial charge in [0.05, 0.1) is 11.7 Å². The number of para-hydroxylation sites is 1. The minimum Gasteiger partial charge on any atom is -0.327 e. The monoisotopic (exact) mass is 322 g/mol. The molecule has 3 aromatic heterocycles. The first kappa shape index (κ1) is 13.8. The first-order valence-corrected chi connectivity index (χ1v) is 8.03. The van der Waals surface area contributed by atoms with E-state index in [0.717, 1.165) is 26.9 Å². The fourth-order valence-corrected chi connectivity index (χ4v) is 3.31. The number of hydrogen-bond donors (Lipinski definition) is 1. The van der Waals surface area contributed by atoms with Crippen molar-refractivity contribution in [3.63, 3.8) is 0 Å². The maximum absolute atomic E-state index is 4.52. The molecule has 0 atom stereocenters. The van der Waals surface area contributed by atoms with Crippen LogP contribution in [0.25, 0.3) is 22.1 Å². The molecule has 6 nitrogen and oxygen atoms in total. The zero-order valence-electron chi connectivity index (χ0n) is 12.7. The number of fused-ring (bicyclic) bond motifs is 3. The topological polar surface area (TPSA) is 68.0 Å². The molecule has 0 aliphatic carbocycles. The molecule has 1 N–H and O–H groups in total. The molecule has 3 heterocycles. The van der Waals surface area contributed by atoms with Crippen LogP contribution >= 0.6 is 11.3 Å². The minimum atomic E-state index is 0.383. The second-order valence-corrected chi connectivity index (χ2v) is 6.17. The third-order valence-electron chi connectivity index (χ3n) is 3.75. The number of hydrogen-bond acceptors (Lipinski definition) is 6. The van der Waals surface area contributed by atoms with Crippen molar-refractivity contribution in [3.05, 3.63) is 46.2 Å². The lowest BCUT2D eigenvalue weighted by Crippen LogP contribution is -2.00. The molecule has 0 radical (unpaired) electrons. The molecule has 0 aliphatic rings. The van der Waals surface area contributed by atoms with Crippen LogP contribution in [-0.4, -0.2) is 26.0 Å². The van der Waals surface area contributed by atoms with Crippen molar-refractivity contribution in [1.29, 1.82) is 0 Å². The van der Waals surface area contributed by atoms with E-state index in [1.165, 1.54) is 5.56 Å². The van der Waals surface area contributed by atoms with E-state index in [9.17, 15) is 0 Å². The molecule has 114 valence electrons. The van der Waals surface area contributed by atoms with Gasteiger partial charge >= 0.3 is 0 Å². The number of hydrazone groups is 1. The van der Waals surface area contributed by atoms with Gasteiger partial charge in [0.2, 0.25) is 0 Å². The van der Waals surface area contributed by atoms with Crippen molar-refractivity contribution in [2.45, 2.75) is 6.92 Å². The molecule has 0 spiro atoms. The van der Waals surface area contributed by atoms with Crippen LogP contribution in [0.3, 0.4) is 0 Å². The summed E-state index contributed by atoms with van der Waals surface area (Å²) in [5, 5.41) is 15.7. The van der Waals surface area contributed by atoms with Crippen molar-refractivity contribution < 1.29 is 0 Å². The number of benzene rings is 1. The van der Waals surface area contributed by atoms with Crippen molar-refractivity contribution in [2.75, 3.05) is 5.43 Å². The summed E-state index contributed by atoms with van der Waals surface area (Å²) in [7, 11) is 1.97. The second kappa shape index (κ2) is 5.44. The fraction of sp³-hybridized carbons (Fsp3) is 0.125. The predicted octanol–water partition coefficient (Wildman–Crippen LogP) is 3.33. The summed E-state index contributed by atoms with van der Waals surface area (Å²) in [4.78, 5) is 5.63. The summed E-state index contributed by atoms with van der Waals surface area (Å²) in [6.07, 6.45) is 1.77. The van der Waals surface area contributed by atoms with Crippen LogP contribution in [0.5, 0.6) is 0 Å². The molecule has 4 rings (SSSR count). The molecule has 0 unspecified atom stereocenters. The van der Waals surface area contributed by atoms with Gasteiger partial charge in [-0.05, 0) is 30.0 Å². The van der Waals surface area contributed by atoms with Gasteiger partial charge in [0.25, 0.3) is 5.95 Å². The Labute approximate surface area is 136 Å². The molecule has 0 aliphatic heterocycles. The normalized spacial score (nSPS) is 11.7. The molecule has 0 saturated carbocycles. The van der Waals surface area contributed by atoms with Crippen LogP contribution in [0, 0.1) is 6.92 Å². The highest BCUT2D eigenvalue weighted by Crippen LogP contribution is 2.24. The molecule has 0 saturated heterocycles. The Kier molecular flexibility index (Phi) is 3.27. The molecular formula is C16H14N6S. The van der Waals surface area contributed by atoms with Gasteiger partial charge in [0.15, 0.2) is 5.65 Å². The van der Waals surface area contributed by atoms with Crippen LogP contribution in [0.4, 0.5) is 5.95 Å². The average Bonchev–Trinajstić information content (AvgIpc) is 3.11. The van der Waals surface area contributed by atoms with E-state index >= 15 is 0 Å². The molecule has 7 heteroatoms. The van der Waals surface area contributed by atoms with Gasteiger partial charge in [0, 0.05) is 17.3 Å². The lowest BCUT2D eigenvalue weighted by molar-refractivity contribution is 0.949. The molecule has 1 aromatic carbocycles. The van der Waals surface area contributed by atoms with Gasteiger partial charge in [0.1, 0.15) is 5.52 Å². The fourth-order valence-electron chi connectivity index (χ4n) is 2.52. The second-order valence-electron chi connectivity index (χ2n) is 5.22. The third-order valence-corrected chi connectivity index (χ3v) is 4.71. The molecule has 23 heavy (non-hydrogen) atoms. The highest BCUT2D eigenvalue weighted by molar-refractivity contribution is 7.11. The minimum absolute atomic E-state index is 0.383. The van der Waals surface area contributed by atoms with E-state index in [1.54, 1.807) is 17.6 Å². The molecule has 0 amide bonds. The van der Waals surface area contributed by atoms with Gasteiger partial charge in [-0.2, -0.15) is 10.1 Å². The van der Waals surface area contributed by atoms with Crippen molar-refractivity contribution in [1.82, 2.24) is 19.7 Å². The molecule has 0 fully saturated rings. The van der Waals surface area contributed by atoms with E-state index in [1.807, 2.05) is 41.3 Å². The van der Waals surface area contributed by atoms with Gasteiger partial charge in [-0.25, -0.2) is 5.43 Å². The quantitative estimate of drug-likeness (QED) is 0.464. The number of aryl methyl sites for hydroxylation is 2. The Morgan fingerprint density at radius 3 is 2.91 bits per heavy atom. The Hall–Kier alpha value is -2.80. The molecule has 0 bridgehead atoms. The van der Waals surface area contributed by atoms with E-state index in [0.29, 0.717) is 5.95 Å². The van der Waals surface area contributed by atoms with Crippen LogP contribution in [0.2, 0.25) is 0 Å². The maximum Gasteiger partial charge on any atom is 0.265 e. The third kappa shape index (κ3) is 2.35. The Balaban J connectivity index is 1.69. The summed E-state index contributed by atoms with van der Waals surface area (Å²) >= 11 is 1.64. The van der Waals surface area contributed by atoms with Crippen LogP contribution in [0.15, 0.2) is 40.8 Å². The largest absolute Gasteiger partial charge is 0.327 e. The number of thiophene rings is 1. The lowest BCUT2D eigenvalue weighted by atomic mass is 10.2. The Bertz CT molecular complexity index is 1030. The zero-order valence-corrected chi connectivity index (χ0v) is 13.5. The summed E-state index contributed by atoms with van der Waals surface area (Å²) in [6, 6.07) is 10.1. The SMILES string of the molecule is Cc1ccsc1/C=N/Nc1nnc2c3ccccc3n(C)c2n1. The van der Waals surface area contributed by atoms with E-state index in [-0.39, 0.29) is 0 Å². The lowest BCUT2D eigenvalue weighted by Gasteiger charge is -1.99. The number of nitrogens with zero attached hydrogens (tertiary/aromatic N) is 5. The van der Waals surface area contributed by atoms with Gasteiger partial charge in [-0.1, -0.05) is 18.2 Å². The van der Waals surface area contributed by atoms with Gasteiger partial charge in [-0.15, -0.1) is 21.5 Å². The molecule has 4 aromatic rings. The molecular weight excluding hydrogens is 308 g/mol.